The molecule has 0 radical (unpaired) electrons. The number of hydrogen-bond acceptors (Lipinski definition) is 2. The lowest BCUT2D eigenvalue weighted by molar-refractivity contribution is 0.125. The molecular formula is C20H36O3S. The first kappa shape index (κ1) is 21.4. The van der Waals surface area contributed by atoms with Gasteiger partial charge in [-0.1, -0.05) is 85.5 Å². The molecule has 0 aromatic rings. The molecule has 0 fully saturated rings. The average Bonchev–Trinajstić information content (AvgIpc) is 2.58. The zero-order chi connectivity index (χ0) is 18.6. The first-order valence-electron chi connectivity index (χ1n) is 9.39. The third-order valence-corrected chi connectivity index (χ3v) is 7.85. The van der Waals surface area contributed by atoms with Gasteiger partial charge < -0.3 is 0 Å². The molecule has 1 rings (SSSR count). The molecule has 0 aromatic heterocycles. The van der Waals surface area contributed by atoms with Crippen molar-refractivity contribution in [3.05, 3.63) is 23.8 Å². The van der Waals surface area contributed by atoms with Gasteiger partial charge in [0.15, 0.2) is 0 Å². The minimum atomic E-state index is -4.00. The summed E-state index contributed by atoms with van der Waals surface area (Å²) >= 11 is 0. The highest BCUT2D eigenvalue weighted by molar-refractivity contribution is 7.86. The first-order chi connectivity index (χ1) is 11.0. The van der Waals surface area contributed by atoms with Crippen LogP contribution in [0.5, 0.6) is 0 Å². The van der Waals surface area contributed by atoms with E-state index in [1.807, 2.05) is 12.2 Å². The molecule has 1 N–H and O–H groups in total. The van der Waals surface area contributed by atoms with Crippen LogP contribution in [0.15, 0.2) is 23.8 Å². The smallest absolute Gasteiger partial charge is 0.271 e. The molecule has 1 aliphatic carbocycles. The van der Waals surface area contributed by atoms with Crippen LogP contribution in [-0.4, -0.2) is 18.2 Å². The molecule has 1 aliphatic rings. The normalized spacial score (nSPS) is 20.8. The lowest BCUT2D eigenvalue weighted by Gasteiger charge is -2.43. The van der Waals surface area contributed by atoms with Gasteiger partial charge in [-0.15, -0.1) is 0 Å². The summed E-state index contributed by atoms with van der Waals surface area (Å²) in [7, 11) is -4.00. The Morgan fingerprint density at radius 3 is 2.00 bits per heavy atom. The third-order valence-electron chi connectivity index (χ3n) is 6.73. The minimum absolute atomic E-state index is 0.201. The van der Waals surface area contributed by atoms with Gasteiger partial charge in [-0.05, 0) is 35.2 Å². The number of allylic oxidation sites excluding steroid dienone is 3. The van der Waals surface area contributed by atoms with Crippen LogP contribution in [0, 0.1) is 16.7 Å². The minimum Gasteiger partial charge on any atom is -0.285 e. The Balaban J connectivity index is 3.17. The second-order valence-corrected chi connectivity index (χ2v) is 9.62. The van der Waals surface area contributed by atoms with Gasteiger partial charge in [-0.2, -0.15) is 8.42 Å². The SMILES string of the molecule is CCC(C)(CC)CC(C1=CCC(S(=O)(=O)O)C=C1)C(C)(CC)CC. The molecule has 0 bridgehead atoms. The van der Waals surface area contributed by atoms with E-state index in [0.29, 0.717) is 17.8 Å². The van der Waals surface area contributed by atoms with Gasteiger partial charge in [0.1, 0.15) is 5.25 Å². The predicted molar refractivity (Wildman–Crippen MR) is 103 cm³/mol. The highest BCUT2D eigenvalue weighted by Crippen LogP contribution is 2.48. The molecule has 2 atom stereocenters. The molecule has 140 valence electrons. The molecule has 0 aliphatic heterocycles. The second kappa shape index (κ2) is 8.18. The van der Waals surface area contributed by atoms with Crippen LogP contribution >= 0.6 is 0 Å². The molecule has 24 heavy (non-hydrogen) atoms. The fourth-order valence-corrected chi connectivity index (χ4v) is 4.25. The van der Waals surface area contributed by atoms with E-state index < -0.39 is 15.4 Å². The maximum Gasteiger partial charge on any atom is 0.271 e. The summed E-state index contributed by atoms with van der Waals surface area (Å²) in [6.07, 6.45) is 11.6. The van der Waals surface area contributed by atoms with Crippen molar-refractivity contribution in [2.75, 3.05) is 0 Å². The van der Waals surface area contributed by atoms with Crippen molar-refractivity contribution in [1.29, 1.82) is 0 Å². The van der Waals surface area contributed by atoms with E-state index in [1.165, 1.54) is 5.57 Å². The van der Waals surface area contributed by atoms with E-state index in [4.69, 9.17) is 0 Å². The van der Waals surface area contributed by atoms with Gasteiger partial charge in [0.2, 0.25) is 0 Å². The zero-order valence-corrected chi connectivity index (χ0v) is 17.1. The summed E-state index contributed by atoms with van der Waals surface area (Å²) in [6, 6.07) is 0. The zero-order valence-electron chi connectivity index (χ0n) is 16.3. The van der Waals surface area contributed by atoms with E-state index in [2.05, 4.69) is 41.5 Å². The average molecular weight is 357 g/mol. The third kappa shape index (κ3) is 4.95. The van der Waals surface area contributed by atoms with E-state index in [1.54, 1.807) is 6.08 Å². The molecule has 0 spiro atoms. The largest absolute Gasteiger partial charge is 0.285 e. The van der Waals surface area contributed by atoms with E-state index in [9.17, 15) is 13.0 Å². The van der Waals surface area contributed by atoms with Gasteiger partial charge >= 0.3 is 0 Å². The highest BCUT2D eigenvalue weighted by Gasteiger charge is 2.38. The number of hydrogen-bond donors (Lipinski definition) is 1. The Morgan fingerprint density at radius 1 is 1.12 bits per heavy atom. The van der Waals surface area contributed by atoms with Crippen molar-refractivity contribution in [1.82, 2.24) is 0 Å². The summed E-state index contributed by atoms with van der Waals surface area (Å²) in [6.45, 7) is 13.7. The summed E-state index contributed by atoms with van der Waals surface area (Å²) < 4.78 is 32.0. The Hall–Kier alpha value is -0.610. The summed E-state index contributed by atoms with van der Waals surface area (Å²) in [5.41, 5.74) is 1.74. The summed E-state index contributed by atoms with van der Waals surface area (Å²) in [4.78, 5) is 0. The van der Waals surface area contributed by atoms with Gasteiger partial charge in [-0.25, -0.2) is 0 Å². The molecular weight excluding hydrogens is 320 g/mol. The Morgan fingerprint density at radius 2 is 1.67 bits per heavy atom. The van der Waals surface area contributed by atoms with E-state index >= 15 is 0 Å². The number of rotatable bonds is 9. The van der Waals surface area contributed by atoms with Crippen LogP contribution in [0.2, 0.25) is 0 Å². The van der Waals surface area contributed by atoms with Crippen molar-refractivity contribution in [2.24, 2.45) is 16.7 Å². The van der Waals surface area contributed by atoms with Gasteiger partial charge in [0.05, 0.1) is 0 Å². The molecule has 0 saturated carbocycles. The highest BCUT2D eigenvalue weighted by atomic mass is 32.2. The van der Waals surface area contributed by atoms with Gasteiger partial charge in [-0.3, -0.25) is 4.55 Å². The van der Waals surface area contributed by atoms with Gasteiger partial charge in [0.25, 0.3) is 10.1 Å². The maximum atomic E-state index is 11.4. The van der Waals surface area contributed by atoms with Crippen LogP contribution in [-0.2, 0) is 10.1 Å². The molecule has 4 heteroatoms. The van der Waals surface area contributed by atoms with Crippen LogP contribution < -0.4 is 0 Å². The fourth-order valence-electron chi connectivity index (χ4n) is 3.64. The standard InChI is InChI=1S/C20H36O3S/c1-7-19(5,8-2)15-18(20(6,9-3)10-4)16-11-13-17(14-12-16)24(21,22)23/h11-13,17-18H,7-10,14-15H2,1-6H3,(H,21,22,23). The second-order valence-electron chi connectivity index (χ2n) is 7.99. The molecule has 0 aromatic carbocycles. The van der Waals surface area contributed by atoms with Crippen molar-refractivity contribution in [3.8, 4) is 0 Å². The molecule has 2 unspecified atom stereocenters. The van der Waals surface area contributed by atoms with Gasteiger partial charge in [0, 0.05) is 0 Å². The van der Waals surface area contributed by atoms with Crippen LogP contribution in [0.25, 0.3) is 0 Å². The molecule has 3 nitrogen and oxygen atoms in total. The van der Waals surface area contributed by atoms with Crippen molar-refractivity contribution in [2.45, 2.75) is 85.3 Å². The summed E-state index contributed by atoms with van der Waals surface area (Å²) in [5.74, 6) is 0.413. The van der Waals surface area contributed by atoms with E-state index in [-0.39, 0.29) is 5.41 Å². The fraction of sp³-hybridized carbons (Fsp3) is 0.800. The molecule has 0 amide bonds. The maximum absolute atomic E-state index is 11.4. The Kier molecular flexibility index (Phi) is 7.30. The van der Waals surface area contributed by atoms with Crippen molar-refractivity contribution < 1.29 is 13.0 Å². The monoisotopic (exact) mass is 356 g/mol. The molecule has 0 heterocycles. The molecule has 0 saturated heterocycles. The Bertz CT molecular complexity index is 564. The van der Waals surface area contributed by atoms with Crippen LogP contribution in [0.4, 0.5) is 0 Å². The Labute approximate surface area is 149 Å². The van der Waals surface area contributed by atoms with E-state index in [0.717, 1.165) is 32.1 Å². The lowest BCUT2D eigenvalue weighted by Crippen LogP contribution is -2.33. The van der Waals surface area contributed by atoms with Crippen LogP contribution in [0.3, 0.4) is 0 Å². The summed E-state index contributed by atoms with van der Waals surface area (Å²) in [5, 5.41) is -0.792. The first-order valence-corrected chi connectivity index (χ1v) is 10.9. The lowest BCUT2D eigenvalue weighted by atomic mass is 9.62. The van der Waals surface area contributed by atoms with Crippen LogP contribution in [0.1, 0.15) is 80.1 Å². The predicted octanol–water partition coefficient (Wildman–Crippen LogP) is 5.79. The quantitative estimate of drug-likeness (QED) is 0.532. The van der Waals surface area contributed by atoms with Crippen molar-refractivity contribution >= 4 is 10.1 Å². The topological polar surface area (TPSA) is 54.4 Å². The van der Waals surface area contributed by atoms with Crippen molar-refractivity contribution in [3.63, 3.8) is 0 Å².